The molecule has 0 bridgehead atoms. The van der Waals surface area contributed by atoms with E-state index in [9.17, 15) is 9.59 Å². The number of nitrogens with one attached hydrogen (secondary N) is 1. The summed E-state index contributed by atoms with van der Waals surface area (Å²) >= 11 is 0. The molecule has 6 heteroatoms. The van der Waals surface area contributed by atoms with E-state index in [-0.39, 0.29) is 17.5 Å². The van der Waals surface area contributed by atoms with Crippen LogP contribution in [-0.4, -0.2) is 36.5 Å². The highest BCUT2D eigenvalue weighted by atomic mass is 16.5. The normalized spacial score (nSPS) is 13.8. The van der Waals surface area contributed by atoms with Crippen LogP contribution < -0.4 is 14.8 Å². The third kappa shape index (κ3) is 4.58. The summed E-state index contributed by atoms with van der Waals surface area (Å²) < 4.78 is 11.3. The number of ether oxygens (including phenoxy) is 2. The Balaban J connectivity index is 2.06. The molecule has 1 aliphatic rings. The third-order valence-corrected chi connectivity index (χ3v) is 5.22. The second kappa shape index (κ2) is 9.69. The summed E-state index contributed by atoms with van der Waals surface area (Å²) in [7, 11) is 0. The number of nitrogens with zero attached hydrogens (tertiary/aromatic N) is 1. The Morgan fingerprint density at radius 2 is 1.55 bits per heavy atom. The first-order valence-electron chi connectivity index (χ1n) is 10.8. The van der Waals surface area contributed by atoms with Gasteiger partial charge in [-0.1, -0.05) is 25.1 Å². The minimum atomic E-state index is -0.313. The molecule has 0 saturated heterocycles. The molecule has 1 heterocycles. The zero-order valence-corrected chi connectivity index (χ0v) is 18.9. The summed E-state index contributed by atoms with van der Waals surface area (Å²) in [4.78, 5) is 27.6. The van der Waals surface area contributed by atoms with Gasteiger partial charge < -0.3 is 14.8 Å². The van der Waals surface area contributed by atoms with E-state index < -0.39 is 0 Å². The number of anilines is 1. The molecule has 0 unspecified atom stereocenters. The van der Waals surface area contributed by atoms with E-state index in [4.69, 9.17) is 9.47 Å². The van der Waals surface area contributed by atoms with E-state index in [1.165, 1.54) is 4.90 Å². The second-order valence-corrected chi connectivity index (χ2v) is 7.46. The van der Waals surface area contributed by atoms with E-state index in [0.29, 0.717) is 48.9 Å². The van der Waals surface area contributed by atoms with Gasteiger partial charge in [-0.15, -0.1) is 0 Å². The standard InChI is InChI=1S/C25H30N2O4/c1-6-13-27-24(28)22(18-10-9-16(4)17(5)14-18)23(25(27)29)26-19-11-12-20(30-7-2)21(15-19)31-8-3/h9-12,14-15,26H,6-8,13H2,1-5H3. The van der Waals surface area contributed by atoms with Gasteiger partial charge in [0.25, 0.3) is 11.8 Å². The highest BCUT2D eigenvalue weighted by Crippen LogP contribution is 2.35. The van der Waals surface area contributed by atoms with Crippen molar-refractivity contribution >= 4 is 23.1 Å². The lowest BCUT2D eigenvalue weighted by Crippen LogP contribution is -2.33. The molecular weight excluding hydrogens is 392 g/mol. The van der Waals surface area contributed by atoms with E-state index in [1.54, 1.807) is 12.1 Å². The fourth-order valence-corrected chi connectivity index (χ4v) is 3.56. The van der Waals surface area contributed by atoms with Gasteiger partial charge in [0.2, 0.25) is 0 Å². The van der Waals surface area contributed by atoms with Crippen LogP contribution in [0.15, 0.2) is 42.1 Å². The number of carbonyl (C=O) groups excluding carboxylic acids is 2. The van der Waals surface area contributed by atoms with Crippen LogP contribution in [0.25, 0.3) is 5.57 Å². The average Bonchev–Trinajstić information content (AvgIpc) is 2.97. The first-order chi connectivity index (χ1) is 14.9. The summed E-state index contributed by atoms with van der Waals surface area (Å²) in [6, 6.07) is 11.2. The predicted octanol–water partition coefficient (Wildman–Crippen LogP) is 4.70. The highest BCUT2D eigenvalue weighted by molar-refractivity contribution is 6.36. The molecule has 2 amide bonds. The Bertz CT molecular complexity index is 1030. The summed E-state index contributed by atoms with van der Waals surface area (Å²) in [5.41, 5.74) is 4.27. The minimum Gasteiger partial charge on any atom is -0.490 e. The van der Waals surface area contributed by atoms with Crippen LogP contribution in [0.5, 0.6) is 11.5 Å². The molecule has 164 valence electrons. The van der Waals surface area contributed by atoms with E-state index >= 15 is 0 Å². The number of hydrogen-bond donors (Lipinski definition) is 1. The highest BCUT2D eigenvalue weighted by Gasteiger charge is 2.38. The van der Waals surface area contributed by atoms with Crippen molar-refractivity contribution in [1.82, 2.24) is 4.90 Å². The SMILES string of the molecule is CCCN1C(=O)C(Nc2ccc(OCC)c(OCC)c2)=C(c2ccc(C)c(C)c2)C1=O. The average molecular weight is 423 g/mol. The molecule has 0 aliphatic carbocycles. The Morgan fingerprint density at radius 3 is 2.19 bits per heavy atom. The topological polar surface area (TPSA) is 67.9 Å². The quantitative estimate of drug-likeness (QED) is 0.593. The van der Waals surface area contributed by atoms with Crippen LogP contribution in [-0.2, 0) is 9.59 Å². The van der Waals surface area contributed by atoms with Crippen molar-refractivity contribution in [2.75, 3.05) is 25.1 Å². The van der Waals surface area contributed by atoms with Crippen molar-refractivity contribution in [3.63, 3.8) is 0 Å². The first-order valence-corrected chi connectivity index (χ1v) is 10.8. The lowest BCUT2D eigenvalue weighted by molar-refractivity contribution is -0.136. The molecule has 2 aromatic rings. The van der Waals surface area contributed by atoms with Gasteiger partial charge in [0.05, 0.1) is 18.8 Å². The largest absolute Gasteiger partial charge is 0.490 e. The van der Waals surface area contributed by atoms with Gasteiger partial charge >= 0.3 is 0 Å². The zero-order chi connectivity index (χ0) is 22.5. The van der Waals surface area contributed by atoms with Gasteiger partial charge in [-0.05, 0) is 62.9 Å². The number of hydrogen-bond acceptors (Lipinski definition) is 5. The first kappa shape index (κ1) is 22.4. The molecule has 31 heavy (non-hydrogen) atoms. The molecule has 0 fully saturated rings. The maximum absolute atomic E-state index is 13.2. The molecule has 0 radical (unpaired) electrons. The molecule has 3 rings (SSSR count). The Morgan fingerprint density at radius 1 is 0.839 bits per heavy atom. The predicted molar refractivity (Wildman–Crippen MR) is 122 cm³/mol. The number of benzene rings is 2. The number of amides is 2. The van der Waals surface area contributed by atoms with E-state index in [1.807, 2.05) is 58.9 Å². The number of rotatable bonds is 9. The summed E-state index contributed by atoms with van der Waals surface area (Å²) in [5.74, 6) is 0.644. The van der Waals surface area contributed by atoms with Crippen molar-refractivity contribution in [2.24, 2.45) is 0 Å². The Hall–Kier alpha value is -3.28. The molecule has 0 spiro atoms. The summed E-state index contributed by atoms with van der Waals surface area (Å²) in [6.45, 7) is 11.2. The van der Waals surface area contributed by atoms with Crippen molar-refractivity contribution < 1.29 is 19.1 Å². The molecule has 0 saturated carbocycles. The molecule has 6 nitrogen and oxygen atoms in total. The van der Waals surface area contributed by atoms with E-state index in [2.05, 4.69) is 5.32 Å². The smallest absolute Gasteiger partial charge is 0.278 e. The maximum atomic E-state index is 13.2. The van der Waals surface area contributed by atoms with Crippen LogP contribution in [0.3, 0.4) is 0 Å². The number of imide groups is 1. The number of carbonyl (C=O) groups is 2. The van der Waals surface area contributed by atoms with Crippen LogP contribution in [0.1, 0.15) is 43.9 Å². The Kier molecular flexibility index (Phi) is 7.00. The fourth-order valence-electron chi connectivity index (χ4n) is 3.56. The van der Waals surface area contributed by atoms with Crippen LogP contribution >= 0.6 is 0 Å². The van der Waals surface area contributed by atoms with Gasteiger partial charge in [-0.2, -0.15) is 0 Å². The molecule has 2 aromatic carbocycles. The van der Waals surface area contributed by atoms with Crippen LogP contribution in [0, 0.1) is 13.8 Å². The fraction of sp³-hybridized carbons (Fsp3) is 0.360. The van der Waals surface area contributed by atoms with Crippen LogP contribution in [0.4, 0.5) is 5.69 Å². The minimum absolute atomic E-state index is 0.270. The van der Waals surface area contributed by atoms with Gasteiger partial charge in [-0.3, -0.25) is 14.5 Å². The zero-order valence-electron chi connectivity index (χ0n) is 18.9. The molecule has 1 aliphatic heterocycles. The van der Waals surface area contributed by atoms with Gasteiger partial charge in [0.15, 0.2) is 11.5 Å². The Labute approximate surface area is 183 Å². The number of aryl methyl sites for hydroxylation is 2. The third-order valence-electron chi connectivity index (χ3n) is 5.22. The van der Waals surface area contributed by atoms with Gasteiger partial charge in [0, 0.05) is 18.3 Å². The molecule has 0 atom stereocenters. The monoisotopic (exact) mass is 422 g/mol. The summed E-state index contributed by atoms with van der Waals surface area (Å²) in [6.07, 6.45) is 0.697. The van der Waals surface area contributed by atoms with Crippen LogP contribution in [0.2, 0.25) is 0 Å². The van der Waals surface area contributed by atoms with E-state index in [0.717, 1.165) is 16.7 Å². The van der Waals surface area contributed by atoms with Crippen molar-refractivity contribution in [2.45, 2.75) is 41.0 Å². The second-order valence-electron chi connectivity index (χ2n) is 7.46. The summed E-state index contributed by atoms with van der Waals surface area (Å²) in [5, 5.41) is 3.19. The van der Waals surface area contributed by atoms with Gasteiger partial charge in [-0.25, -0.2) is 0 Å². The maximum Gasteiger partial charge on any atom is 0.278 e. The molecule has 0 aromatic heterocycles. The van der Waals surface area contributed by atoms with Crippen molar-refractivity contribution in [1.29, 1.82) is 0 Å². The molecule has 1 N–H and O–H groups in total. The lowest BCUT2D eigenvalue weighted by Gasteiger charge is -2.15. The molecular formula is C25H30N2O4. The van der Waals surface area contributed by atoms with Gasteiger partial charge in [0.1, 0.15) is 5.70 Å². The van der Waals surface area contributed by atoms with Crippen molar-refractivity contribution in [3.8, 4) is 11.5 Å². The lowest BCUT2D eigenvalue weighted by atomic mass is 9.99. The van der Waals surface area contributed by atoms with Crippen molar-refractivity contribution in [3.05, 3.63) is 58.8 Å².